The molecule has 2 saturated heterocycles. The number of aryl methyl sites for hydroxylation is 1. The van der Waals surface area contributed by atoms with E-state index < -0.39 is 17.7 Å². The molecule has 1 aromatic carbocycles. The number of aliphatic hydroxyl groups is 1. The first kappa shape index (κ1) is 23.1. The molecule has 0 saturated carbocycles. The second kappa shape index (κ2) is 9.52. The highest BCUT2D eigenvalue weighted by atomic mass is 16.5. The molecule has 9 heteroatoms. The van der Waals surface area contributed by atoms with Crippen molar-refractivity contribution in [1.29, 1.82) is 0 Å². The molecule has 2 aliphatic rings. The van der Waals surface area contributed by atoms with Gasteiger partial charge in [-0.05, 0) is 25.1 Å². The van der Waals surface area contributed by atoms with Crippen LogP contribution in [0, 0.1) is 6.92 Å². The zero-order chi connectivity index (χ0) is 24.5. The summed E-state index contributed by atoms with van der Waals surface area (Å²) in [6, 6.07) is 12.0. The zero-order valence-corrected chi connectivity index (χ0v) is 19.8. The summed E-state index contributed by atoms with van der Waals surface area (Å²) >= 11 is 0. The number of hydrogen-bond donors (Lipinski definition) is 1. The molecule has 9 nitrogen and oxygen atoms in total. The van der Waals surface area contributed by atoms with Gasteiger partial charge in [-0.25, -0.2) is 4.98 Å². The maximum Gasteiger partial charge on any atom is 0.295 e. The van der Waals surface area contributed by atoms with Gasteiger partial charge in [0.15, 0.2) is 5.76 Å². The number of carbonyl (C=O) groups excluding carboxylic acids is 2. The number of aliphatic hydroxyl groups excluding tert-OH is 1. The van der Waals surface area contributed by atoms with Crippen LogP contribution in [0.5, 0.6) is 5.75 Å². The van der Waals surface area contributed by atoms with Crippen LogP contribution >= 0.6 is 0 Å². The summed E-state index contributed by atoms with van der Waals surface area (Å²) in [7, 11) is 1.55. The highest BCUT2D eigenvalue weighted by Gasteiger charge is 2.47. The lowest BCUT2D eigenvalue weighted by Gasteiger charge is -2.31. The Morgan fingerprint density at radius 2 is 1.86 bits per heavy atom. The number of nitrogens with zero attached hydrogens (tertiary/aromatic N) is 4. The number of imidazole rings is 1. The van der Waals surface area contributed by atoms with Gasteiger partial charge in [0, 0.05) is 37.9 Å². The standard InChI is InChI=1S/C26H28N4O5/c1-17-22(29-10-6-5-9-20(29)27-17)24(31)21-23(18-7-3-4-8-19(18)34-2)30(26(33)25(21)32)12-11-28-13-15-35-16-14-28/h3-10,23,31H,11-16H2,1-2H3/b24-21+/t23-/m0/s1. The first-order valence-corrected chi connectivity index (χ1v) is 11.7. The van der Waals surface area contributed by atoms with E-state index in [1.54, 1.807) is 35.6 Å². The first-order chi connectivity index (χ1) is 17.0. The summed E-state index contributed by atoms with van der Waals surface area (Å²) in [5, 5.41) is 11.6. The molecule has 182 valence electrons. The van der Waals surface area contributed by atoms with Crippen LogP contribution in [0.1, 0.15) is 23.0 Å². The number of rotatable bonds is 6. The summed E-state index contributed by atoms with van der Waals surface area (Å²) in [4.78, 5) is 35.0. The number of ether oxygens (including phenoxy) is 2. The van der Waals surface area contributed by atoms with Crippen LogP contribution < -0.4 is 4.74 Å². The van der Waals surface area contributed by atoms with Crippen LogP contribution in [-0.2, 0) is 14.3 Å². The number of para-hydroxylation sites is 1. The number of likely N-dealkylation sites (tertiary alicyclic amines) is 1. The number of ketones is 1. The zero-order valence-electron chi connectivity index (χ0n) is 19.8. The lowest BCUT2D eigenvalue weighted by Crippen LogP contribution is -2.42. The Bertz CT molecular complexity index is 1310. The van der Waals surface area contributed by atoms with E-state index in [0.717, 1.165) is 13.1 Å². The van der Waals surface area contributed by atoms with Gasteiger partial charge in [0.2, 0.25) is 0 Å². The number of pyridine rings is 1. The fourth-order valence-electron chi connectivity index (χ4n) is 4.93. The van der Waals surface area contributed by atoms with Gasteiger partial charge in [-0.2, -0.15) is 0 Å². The Morgan fingerprint density at radius 1 is 1.11 bits per heavy atom. The van der Waals surface area contributed by atoms with Gasteiger partial charge in [0.1, 0.15) is 17.1 Å². The molecule has 1 amide bonds. The molecule has 1 atom stereocenters. The largest absolute Gasteiger partial charge is 0.505 e. The Kier molecular flexibility index (Phi) is 6.27. The number of hydrogen-bond acceptors (Lipinski definition) is 7. The maximum atomic E-state index is 13.4. The lowest BCUT2D eigenvalue weighted by molar-refractivity contribution is -0.140. The van der Waals surface area contributed by atoms with Gasteiger partial charge in [0.05, 0.1) is 37.6 Å². The molecule has 0 aliphatic carbocycles. The molecule has 4 heterocycles. The molecule has 2 aromatic heterocycles. The third-order valence-corrected chi connectivity index (χ3v) is 6.66. The summed E-state index contributed by atoms with van der Waals surface area (Å²) in [6.07, 6.45) is 1.77. The predicted octanol–water partition coefficient (Wildman–Crippen LogP) is 2.41. The van der Waals surface area contributed by atoms with Crippen LogP contribution in [0.15, 0.2) is 54.2 Å². The van der Waals surface area contributed by atoms with Crippen molar-refractivity contribution < 1.29 is 24.2 Å². The van der Waals surface area contributed by atoms with Crippen molar-refractivity contribution in [2.45, 2.75) is 13.0 Å². The van der Waals surface area contributed by atoms with E-state index in [1.807, 2.05) is 36.4 Å². The fraction of sp³-hybridized carbons (Fsp3) is 0.346. The van der Waals surface area contributed by atoms with Crippen LogP contribution in [0.3, 0.4) is 0 Å². The molecule has 3 aromatic rings. The summed E-state index contributed by atoms with van der Waals surface area (Å²) in [5.41, 5.74) is 2.28. The SMILES string of the molecule is COc1ccccc1[C@H]1/C(=C(\O)c2c(C)nc3ccccn23)C(=O)C(=O)N1CCN1CCOCC1. The van der Waals surface area contributed by atoms with Gasteiger partial charge in [0.25, 0.3) is 11.7 Å². The highest BCUT2D eigenvalue weighted by molar-refractivity contribution is 6.46. The van der Waals surface area contributed by atoms with E-state index in [0.29, 0.717) is 54.7 Å². The second-order valence-electron chi connectivity index (χ2n) is 8.66. The van der Waals surface area contributed by atoms with Crippen molar-refractivity contribution in [2.24, 2.45) is 0 Å². The number of carbonyl (C=O) groups is 2. The molecule has 0 spiro atoms. The smallest absolute Gasteiger partial charge is 0.295 e. The van der Waals surface area contributed by atoms with Gasteiger partial charge < -0.3 is 19.5 Å². The predicted molar refractivity (Wildman–Crippen MR) is 129 cm³/mol. The third kappa shape index (κ3) is 4.06. The van der Waals surface area contributed by atoms with E-state index >= 15 is 0 Å². The van der Waals surface area contributed by atoms with E-state index in [1.165, 1.54) is 0 Å². The summed E-state index contributed by atoms with van der Waals surface area (Å²) in [5.74, 6) is -1.06. The number of amides is 1. The number of fused-ring (bicyclic) bond motifs is 1. The lowest BCUT2D eigenvalue weighted by atomic mass is 9.95. The summed E-state index contributed by atoms with van der Waals surface area (Å²) < 4.78 is 12.7. The number of Topliss-reactive ketones (excluding diaryl/α,β-unsaturated/α-hetero) is 1. The van der Waals surface area contributed by atoms with E-state index in [2.05, 4.69) is 9.88 Å². The topological polar surface area (TPSA) is 96.6 Å². The minimum Gasteiger partial charge on any atom is -0.505 e. The van der Waals surface area contributed by atoms with E-state index in [4.69, 9.17) is 9.47 Å². The molecule has 0 radical (unpaired) electrons. The van der Waals surface area contributed by atoms with Crippen molar-refractivity contribution in [3.63, 3.8) is 0 Å². The van der Waals surface area contributed by atoms with Crippen molar-refractivity contribution in [3.8, 4) is 5.75 Å². The van der Waals surface area contributed by atoms with Crippen LogP contribution in [0.2, 0.25) is 0 Å². The van der Waals surface area contributed by atoms with E-state index in [-0.39, 0.29) is 11.3 Å². The molecule has 0 unspecified atom stereocenters. The second-order valence-corrected chi connectivity index (χ2v) is 8.66. The fourth-order valence-corrected chi connectivity index (χ4v) is 4.93. The maximum absolute atomic E-state index is 13.4. The Morgan fingerprint density at radius 3 is 2.63 bits per heavy atom. The van der Waals surface area contributed by atoms with Gasteiger partial charge >= 0.3 is 0 Å². The molecule has 0 bridgehead atoms. The minimum absolute atomic E-state index is 0.0373. The van der Waals surface area contributed by atoms with Gasteiger partial charge in [-0.3, -0.25) is 18.9 Å². The number of morpholine rings is 1. The number of aromatic nitrogens is 2. The molecule has 2 fully saturated rings. The van der Waals surface area contributed by atoms with Crippen LogP contribution in [0.25, 0.3) is 11.4 Å². The van der Waals surface area contributed by atoms with E-state index in [9.17, 15) is 14.7 Å². The molecular weight excluding hydrogens is 448 g/mol. The monoisotopic (exact) mass is 476 g/mol. The van der Waals surface area contributed by atoms with Crippen molar-refractivity contribution in [3.05, 3.63) is 71.2 Å². The van der Waals surface area contributed by atoms with Crippen molar-refractivity contribution in [1.82, 2.24) is 19.2 Å². The third-order valence-electron chi connectivity index (χ3n) is 6.66. The van der Waals surface area contributed by atoms with Crippen molar-refractivity contribution >= 4 is 23.1 Å². The van der Waals surface area contributed by atoms with Gasteiger partial charge in [-0.15, -0.1) is 0 Å². The van der Waals surface area contributed by atoms with Gasteiger partial charge in [-0.1, -0.05) is 24.3 Å². The molecule has 5 rings (SSSR count). The Balaban J connectivity index is 1.64. The van der Waals surface area contributed by atoms with Crippen molar-refractivity contribution in [2.75, 3.05) is 46.5 Å². The normalized spacial score (nSPS) is 20.6. The van der Waals surface area contributed by atoms with Crippen LogP contribution in [0.4, 0.5) is 0 Å². The number of methoxy groups -OCH3 is 1. The Hall–Kier alpha value is -3.69. The first-order valence-electron chi connectivity index (χ1n) is 11.7. The average Bonchev–Trinajstić information content (AvgIpc) is 3.35. The summed E-state index contributed by atoms with van der Waals surface area (Å²) in [6.45, 7) is 5.51. The van der Waals surface area contributed by atoms with Crippen LogP contribution in [-0.4, -0.2) is 82.5 Å². The highest BCUT2D eigenvalue weighted by Crippen LogP contribution is 2.42. The average molecular weight is 477 g/mol. The molecular formula is C26H28N4O5. The molecule has 2 aliphatic heterocycles. The minimum atomic E-state index is -0.791. The quantitative estimate of drug-likeness (QED) is 0.332. The molecule has 1 N–H and O–H groups in total. The Labute approximate surface area is 203 Å². The molecule has 35 heavy (non-hydrogen) atoms. The number of benzene rings is 1.